The molecule has 2 nitrogen and oxygen atoms in total. The third-order valence-electron chi connectivity index (χ3n) is 2.50. The Morgan fingerprint density at radius 1 is 1.33 bits per heavy atom. The molecule has 0 radical (unpaired) electrons. The molecule has 1 saturated heterocycles. The summed E-state index contributed by atoms with van der Waals surface area (Å²) in [5, 5.41) is 0. The van der Waals surface area contributed by atoms with Crippen molar-refractivity contribution in [2.75, 3.05) is 13.2 Å². The van der Waals surface area contributed by atoms with Crippen molar-refractivity contribution in [3.05, 3.63) is 35.6 Å². The normalized spacial score (nSPS) is 20.7. The number of hydrogen-bond acceptors (Lipinski definition) is 2. The summed E-state index contributed by atoms with van der Waals surface area (Å²) in [4.78, 5) is 0. The van der Waals surface area contributed by atoms with Crippen LogP contribution in [0.4, 0.5) is 4.39 Å². The van der Waals surface area contributed by atoms with Crippen LogP contribution in [-0.4, -0.2) is 19.5 Å². The second kappa shape index (κ2) is 5.24. The van der Waals surface area contributed by atoms with E-state index in [1.807, 2.05) is 0 Å². The zero-order chi connectivity index (χ0) is 10.5. The van der Waals surface area contributed by atoms with Gasteiger partial charge in [0, 0.05) is 13.0 Å². The Hall–Kier alpha value is -0.930. The van der Waals surface area contributed by atoms with Crippen LogP contribution >= 0.6 is 0 Å². The minimum Gasteiger partial charge on any atom is -0.353 e. The topological polar surface area (TPSA) is 18.5 Å². The molecule has 1 heterocycles. The third-order valence-corrected chi connectivity index (χ3v) is 2.50. The van der Waals surface area contributed by atoms with Crippen LogP contribution in [0.5, 0.6) is 0 Å². The quantitative estimate of drug-likeness (QED) is 0.760. The Kier molecular flexibility index (Phi) is 3.69. The van der Waals surface area contributed by atoms with E-state index < -0.39 is 0 Å². The molecule has 1 aliphatic rings. The van der Waals surface area contributed by atoms with Gasteiger partial charge in [-0.25, -0.2) is 4.39 Å². The highest BCUT2D eigenvalue weighted by Crippen LogP contribution is 2.13. The van der Waals surface area contributed by atoms with E-state index in [4.69, 9.17) is 9.47 Å². The van der Waals surface area contributed by atoms with Crippen molar-refractivity contribution >= 4 is 0 Å². The van der Waals surface area contributed by atoms with Gasteiger partial charge in [-0.1, -0.05) is 12.1 Å². The summed E-state index contributed by atoms with van der Waals surface area (Å²) in [6, 6.07) is 6.52. The summed E-state index contributed by atoms with van der Waals surface area (Å²) in [6.07, 6.45) is 2.86. The Morgan fingerprint density at radius 3 is 2.80 bits per heavy atom. The van der Waals surface area contributed by atoms with Crippen LogP contribution in [0.25, 0.3) is 0 Å². The molecule has 1 aromatic carbocycles. The zero-order valence-electron chi connectivity index (χ0n) is 8.62. The van der Waals surface area contributed by atoms with E-state index in [1.54, 1.807) is 12.1 Å². The highest BCUT2D eigenvalue weighted by Gasteiger charge is 2.14. The fourth-order valence-corrected chi connectivity index (χ4v) is 1.64. The van der Waals surface area contributed by atoms with Gasteiger partial charge in [0.05, 0.1) is 6.61 Å². The molecule has 0 bridgehead atoms. The maximum Gasteiger partial charge on any atom is 0.157 e. The zero-order valence-corrected chi connectivity index (χ0v) is 8.62. The highest BCUT2D eigenvalue weighted by atomic mass is 19.1. The largest absolute Gasteiger partial charge is 0.353 e. The molecule has 82 valence electrons. The van der Waals surface area contributed by atoms with Crippen molar-refractivity contribution in [3.8, 4) is 0 Å². The molecule has 0 aromatic heterocycles. The van der Waals surface area contributed by atoms with E-state index in [0.29, 0.717) is 6.61 Å². The first-order chi connectivity index (χ1) is 7.34. The first kappa shape index (κ1) is 10.6. The monoisotopic (exact) mass is 210 g/mol. The Labute approximate surface area is 89.0 Å². The van der Waals surface area contributed by atoms with Crippen molar-refractivity contribution in [1.82, 2.24) is 0 Å². The Morgan fingerprint density at radius 2 is 2.13 bits per heavy atom. The fraction of sp³-hybridized carbons (Fsp3) is 0.500. The molecule has 0 saturated carbocycles. The van der Waals surface area contributed by atoms with E-state index in [0.717, 1.165) is 31.4 Å². The molecule has 2 rings (SSSR count). The molecular formula is C12H15FO2. The second-order valence-electron chi connectivity index (χ2n) is 3.69. The van der Waals surface area contributed by atoms with Gasteiger partial charge in [-0.15, -0.1) is 0 Å². The predicted molar refractivity (Wildman–Crippen MR) is 55.0 cm³/mol. The molecule has 0 N–H and O–H groups in total. The minimum absolute atomic E-state index is 0.0227. The number of ether oxygens (including phenoxy) is 2. The van der Waals surface area contributed by atoms with Gasteiger partial charge in [-0.2, -0.15) is 0 Å². The van der Waals surface area contributed by atoms with Gasteiger partial charge in [-0.3, -0.25) is 0 Å². The van der Waals surface area contributed by atoms with Crippen LogP contribution in [0.3, 0.4) is 0 Å². The van der Waals surface area contributed by atoms with Crippen molar-refractivity contribution in [1.29, 1.82) is 0 Å². The van der Waals surface area contributed by atoms with E-state index in [1.165, 1.54) is 12.1 Å². The summed E-state index contributed by atoms with van der Waals surface area (Å²) in [5.41, 5.74) is 1.09. The predicted octanol–water partition coefficient (Wildman–Crippen LogP) is 2.52. The van der Waals surface area contributed by atoms with Gasteiger partial charge < -0.3 is 9.47 Å². The van der Waals surface area contributed by atoms with Crippen LogP contribution in [0.15, 0.2) is 24.3 Å². The maximum atomic E-state index is 12.6. The lowest BCUT2D eigenvalue weighted by atomic mass is 10.2. The standard InChI is InChI=1S/C12H15FO2/c13-11-5-3-10(4-6-11)7-9-15-12-2-1-8-14-12/h3-6,12H,1-2,7-9H2/t12-/m0/s1. The molecule has 3 heteroatoms. The molecule has 15 heavy (non-hydrogen) atoms. The van der Waals surface area contributed by atoms with E-state index in [2.05, 4.69) is 0 Å². The molecule has 0 aliphatic carbocycles. The average molecular weight is 210 g/mol. The molecule has 0 spiro atoms. The first-order valence-electron chi connectivity index (χ1n) is 5.32. The fourth-order valence-electron chi connectivity index (χ4n) is 1.64. The van der Waals surface area contributed by atoms with Crippen molar-refractivity contribution in [3.63, 3.8) is 0 Å². The van der Waals surface area contributed by atoms with Crippen LogP contribution in [-0.2, 0) is 15.9 Å². The molecule has 1 fully saturated rings. The second-order valence-corrected chi connectivity index (χ2v) is 3.69. The van der Waals surface area contributed by atoms with E-state index >= 15 is 0 Å². The van der Waals surface area contributed by atoms with Crippen LogP contribution in [0.1, 0.15) is 18.4 Å². The van der Waals surface area contributed by atoms with Gasteiger partial charge in [0.15, 0.2) is 6.29 Å². The van der Waals surface area contributed by atoms with Gasteiger partial charge in [0.2, 0.25) is 0 Å². The molecule has 0 unspecified atom stereocenters. The number of halogens is 1. The summed E-state index contributed by atoms with van der Waals surface area (Å²) >= 11 is 0. The number of rotatable bonds is 4. The maximum absolute atomic E-state index is 12.6. The van der Waals surface area contributed by atoms with Crippen LogP contribution in [0, 0.1) is 5.82 Å². The number of hydrogen-bond donors (Lipinski definition) is 0. The van der Waals surface area contributed by atoms with E-state index in [9.17, 15) is 4.39 Å². The minimum atomic E-state index is -0.196. The molecule has 1 aromatic rings. The van der Waals surface area contributed by atoms with Gasteiger partial charge in [-0.05, 0) is 30.5 Å². The lowest BCUT2D eigenvalue weighted by molar-refractivity contribution is -0.109. The summed E-state index contributed by atoms with van der Waals surface area (Å²) < 4.78 is 23.5. The van der Waals surface area contributed by atoms with Crippen molar-refractivity contribution in [2.45, 2.75) is 25.6 Å². The first-order valence-corrected chi connectivity index (χ1v) is 5.32. The van der Waals surface area contributed by atoms with Crippen LogP contribution in [0.2, 0.25) is 0 Å². The highest BCUT2D eigenvalue weighted by molar-refractivity contribution is 5.15. The Balaban J connectivity index is 1.71. The summed E-state index contributed by atoms with van der Waals surface area (Å²) in [7, 11) is 0. The lowest BCUT2D eigenvalue weighted by Gasteiger charge is -2.10. The van der Waals surface area contributed by atoms with Crippen molar-refractivity contribution in [2.24, 2.45) is 0 Å². The van der Waals surface area contributed by atoms with Gasteiger partial charge in [0.25, 0.3) is 0 Å². The molecular weight excluding hydrogens is 195 g/mol. The summed E-state index contributed by atoms with van der Waals surface area (Å²) in [6.45, 7) is 1.44. The Bertz CT molecular complexity index is 291. The van der Waals surface area contributed by atoms with Gasteiger partial charge >= 0.3 is 0 Å². The van der Waals surface area contributed by atoms with Crippen molar-refractivity contribution < 1.29 is 13.9 Å². The molecule has 1 atom stereocenters. The number of benzene rings is 1. The van der Waals surface area contributed by atoms with Crippen LogP contribution < -0.4 is 0 Å². The lowest BCUT2D eigenvalue weighted by Crippen LogP contribution is -2.12. The molecule has 0 amide bonds. The van der Waals surface area contributed by atoms with E-state index in [-0.39, 0.29) is 12.1 Å². The summed E-state index contributed by atoms with van der Waals surface area (Å²) in [5.74, 6) is -0.196. The molecule has 1 aliphatic heterocycles. The average Bonchev–Trinajstić information content (AvgIpc) is 2.74. The van der Waals surface area contributed by atoms with Gasteiger partial charge in [0.1, 0.15) is 5.82 Å². The third kappa shape index (κ3) is 3.29. The smallest absolute Gasteiger partial charge is 0.157 e. The SMILES string of the molecule is Fc1ccc(CCO[C@H]2CCCO2)cc1.